The van der Waals surface area contributed by atoms with Gasteiger partial charge >= 0.3 is 5.97 Å². The number of rotatable bonds is 13. The monoisotopic (exact) mass is 592 g/mol. The van der Waals surface area contributed by atoms with E-state index < -0.39 is 0 Å². The largest absolute Gasteiger partial charge is 0.466 e. The Morgan fingerprint density at radius 2 is 1.51 bits per heavy atom. The molecule has 1 saturated heterocycles. The van der Waals surface area contributed by atoms with Crippen LogP contribution in [0.5, 0.6) is 0 Å². The Hall–Kier alpha value is -4.16. The Labute approximate surface area is 248 Å². The van der Waals surface area contributed by atoms with E-state index in [1.165, 1.54) is 29.2 Å². The van der Waals surface area contributed by atoms with Crippen LogP contribution in [-0.4, -0.2) is 30.6 Å². The maximum Gasteiger partial charge on any atom is 0.311 e. The lowest BCUT2D eigenvalue weighted by Crippen LogP contribution is -2.15. The van der Waals surface area contributed by atoms with Crippen LogP contribution in [0, 0.1) is 13.8 Å². The minimum absolute atomic E-state index is 0.226. The number of hydrogen-bond acceptors (Lipinski definition) is 12. The van der Waals surface area contributed by atoms with Gasteiger partial charge in [0, 0.05) is 24.2 Å². The maximum atomic E-state index is 11.7. The molecule has 1 aliphatic heterocycles. The van der Waals surface area contributed by atoms with Crippen molar-refractivity contribution in [3.05, 3.63) is 70.7 Å². The molecule has 2 aromatic heterocycles. The van der Waals surface area contributed by atoms with Gasteiger partial charge in [-0.2, -0.15) is 0 Å². The summed E-state index contributed by atoms with van der Waals surface area (Å²) < 4.78 is 5.00. The van der Waals surface area contributed by atoms with Crippen LogP contribution in [0.1, 0.15) is 35.8 Å². The third kappa shape index (κ3) is 7.74. The molecule has 4 aromatic rings. The predicted octanol–water partition coefficient (Wildman–Crippen LogP) is 6.84. The summed E-state index contributed by atoms with van der Waals surface area (Å²) in [6.45, 7) is 8.59. The summed E-state index contributed by atoms with van der Waals surface area (Å²) in [6, 6.07) is 16.5. The Bertz CT molecular complexity index is 1460. The zero-order chi connectivity index (χ0) is 28.6. The second kappa shape index (κ2) is 13.5. The van der Waals surface area contributed by atoms with Gasteiger partial charge in [-0.3, -0.25) is 21.1 Å². The molecule has 0 atom stereocenters. The number of thiazole rings is 1. The number of thiophene rings is 1. The fourth-order valence-corrected chi connectivity index (χ4v) is 6.12. The van der Waals surface area contributed by atoms with Crippen LogP contribution in [0.15, 0.2) is 54.7 Å². The molecule has 0 saturated carbocycles. The highest BCUT2D eigenvalue weighted by Crippen LogP contribution is 2.32. The third-order valence-corrected chi connectivity index (χ3v) is 8.59. The number of carbonyl (C=O) groups is 1. The van der Waals surface area contributed by atoms with Crippen LogP contribution in [0.2, 0.25) is 0 Å². The number of esters is 1. The van der Waals surface area contributed by atoms with E-state index in [4.69, 9.17) is 4.74 Å². The molecule has 0 spiro atoms. The molecule has 5 rings (SSSR count). The molecule has 0 aliphatic carbocycles. The van der Waals surface area contributed by atoms with E-state index in [1.807, 2.05) is 31.2 Å². The van der Waals surface area contributed by atoms with E-state index in [1.54, 1.807) is 24.5 Å². The van der Waals surface area contributed by atoms with Crippen LogP contribution in [-0.2, 0) is 16.0 Å². The zero-order valence-electron chi connectivity index (χ0n) is 23.5. The van der Waals surface area contributed by atoms with Crippen LogP contribution in [0.3, 0.4) is 0 Å². The molecular weight excluding hydrogens is 557 g/mol. The SMILES string of the molecule is CCOC(=O)Cc1cnc(NNc2ccc(NNc3ccc(NNc4ccc(N5CCCC5)s4)cc3C)cc2C)s1. The van der Waals surface area contributed by atoms with Gasteiger partial charge < -0.3 is 25.9 Å². The molecule has 6 N–H and O–H groups in total. The van der Waals surface area contributed by atoms with E-state index in [9.17, 15) is 4.79 Å². The highest BCUT2D eigenvalue weighted by atomic mass is 32.1. The average Bonchev–Trinajstić information content (AvgIpc) is 3.73. The molecule has 2 aromatic carbocycles. The first-order valence-electron chi connectivity index (χ1n) is 13.7. The number of benzene rings is 2. The summed E-state index contributed by atoms with van der Waals surface area (Å²) in [5, 5.41) is 3.10. The van der Waals surface area contributed by atoms with Gasteiger partial charge in [-0.1, -0.05) is 22.7 Å². The van der Waals surface area contributed by atoms with Gasteiger partial charge in [0.25, 0.3) is 0 Å². The number of aromatic nitrogens is 1. The molecule has 1 fully saturated rings. The smallest absolute Gasteiger partial charge is 0.311 e. The van der Waals surface area contributed by atoms with Crippen molar-refractivity contribution < 1.29 is 9.53 Å². The molecule has 216 valence electrons. The van der Waals surface area contributed by atoms with Crippen molar-refractivity contribution in [1.82, 2.24) is 4.98 Å². The quantitative estimate of drug-likeness (QED) is 0.0728. The van der Waals surface area contributed by atoms with Crippen molar-refractivity contribution in [3.63, 3.8) is 0 Å². The Morgan fingerprint density at radius 3 is 2.17 bits per heavy atom. The molecule has 0 unspecified atom stereocenters. The standard InChI is InChI=1S/C29H36N8O2S2/c1-4-39-28(38)17-23-18-30-29(40-23)36-34-25-10-7-21(15-20(25)3)31-33-24-9-8-22(16-19(24)2)32-35-26-11-12-27(41-26)37-13-5-6-14-37/h7-12,15-16,18,31-35H,4-6,13-14,17H2,1-3H3,(H,30,36). The molecule has 0 bridgehead atoms. The second-order valence-electron chi connectivity index (χ2n) is 9.75. The first kappa shape index (κ1) is 28.4. The lowest BCUT2D eigenvalue weighted by molar-refractivity contribution is -0.142. The predicted molar refractivity (Wildman–Crippen MR) is 172 cm³/mol. The molecular formula is C29H36N8O2S2. The molecule has 12 heteroatoms. The normalized spacial score (nSPS) is 12.6. The van der Waals surface area contributed by atoms with Gasteiger partial charge in [-0.05, 0) is 93.3 Å². The van der Waals surface area contributed by atoms with Crippen molar-refractivity contribution >= 4 is 66.5 Å². The van der Waals surface area contributed by atoms with E-state index in [0.717, 1.165) is 56.8 Å². The number of hydrazine groups is 3. The lowest BCUT2D eigenvalue weighted by Gasteiger charge is -2.16. The number of nitrogens with zero attached hydrogens (tertiary/aromatic N) is 2. The first-order valence-corrected chi connectivity index (χ1v) is 15.3. The van der Waals surface area contributed by atoms with Crippen molar-refractivity contribution in [3.8, 4) is 0 Å². The fourth-order valence-electron chi connectivity index (χ4n) is 4.46. The van der Waals surface area contributed by atoms with E-state index in [-0.39, 0.29) is 12.4 Å². The number of ether oxygens (including phenoxy) is 1. The number of hydrogen-bond donors (Lipinski definition) is 6. The van der Waals surface area contributed by atoms with Crippen molar-refractivity contribution in [2.45, 2.75) is 40.0 Å². The Balaban J connectivity index is 1.09. The van der Waals surface area contributed by atoms with Gasteiger partial charge in [0.15, 0.2) is 0 Å². The highest BCUT2D eigenvalue weighted by molar-refractivity contribution is 7.20. The highest BCUT2D eigenvalue weighted by Gasteiger charge is 2.14. The second-order valence-corrected chi connectivity index (χ2v) is 11.9. The molecule has 1 aliphatic rings. The third-order valence-electron chi connectivity index (χ3n) is 6.62. The van der Waals surface area contributed by atoms with Gasteiger partial charge in [0.05, 0.1) is 40.8 Å². The van der Waals surface area contributed by atoms with Crippen molar-refractivity contribution in [1.29, 1.82) is 0 Å². The van der Waals surface area contributed by atoms with Crippen LogP contribution < -0.4 is 37.5 Å². The minimum Gasteiger partial charge on any atom is -0.466 e. The molecule has 10 nitrogen and oxygen atoms in total. The van der Waals surface area contributed by atoms with E-state index in [0.29, 0.717) is 11.7 Å². The summed E-state index contributed by atoms with van der Waals surface area (Å²) in [4.78, 5) is 19.3. The molecule has 41 heavy (non-hydrogen) atoms. The fraction of sp³-hybridized carbons (Fsp3) is 0.310. The summed E-state index contributed by atoms with van der Waals surface area (Å²) in [5.74, 6) is -0.247. The van der Waals surface area contributed by atoms with Gasteiger partial charge in [-0.25, -0.2) is 4.98 Å². The molecule has 0 radical (unpaired) electrons. The summed E-state index contributed by atoms with van der Waals surface area (Å²) in [7, 11) is 0. The Kier molecular flexibility index (Phi) is 9.32. The topological polar surface area (TPSA) is 115 Å². The Morgan fingerprint density at radius 1 is 0.854 bits per heavy atom. The molecule has 0 amide bonds. The maximum absolute atomic E-state index is 11.7. The number of nitrogens with one attached hydrogen (secondary N) is 6. The number of anilines is 7. The van der Waals surface area contributed by atoms with Gasteiger partial charge in [0.1, 0.15) is 5.00 Å². The van der Waals surface area contributed by atoms with Gasteiger partial charge in [0.2, 0.25) is 5.13 Å². The zero-order valence-corrected chi connectivity index (χ0v) is 25.1. The van der Waals surface area contributed by atoms with Crippen LogP contribution >= 0.6 is 22.7 Å². The van der Waals surface area contributed by atoms with E-state index >= 15 is 0 Å². The van der Waals surface area contributed by atoms with Crippen molar-refractivity contribution in [2.75, 3.05) is 57.2 Å². The lowest BCUT2D eigenvalue weighted by atomic mass is 10.2. The van der Waals surface area contributed by atoms with Crippen LogP contribution in [0.4, 0.5) is 37.9 Å². The van der Waals surface area contributed by atoms with Gasteiger partial charge in [-0.15, -0.1) is 0 Å². The summed E-state index contributed by atoms with van der Waals surface area (Å²) in [6.07, 6.45) is 4.48. The molecule has 3 heterocycles. The minimum atomic E-state index is -0.247. The first-order chi connectivity index (χ1) is 20.0. The number of aryl methyl sites for hydroxylation is 2. The van der Waals surface area contributed by atoms with Crippen LogP contribution in [0.25, 0.3) is 0 Å². The number of carbonyl (C=O) groups excluding carboxylic acids is 1. The average molecular weight is 593 g/mol. The summed E-state index contributed by atoms with van der Waals surface area (Å²) >= 11 is 3.19. The van der Waals surface area contributed by atoms with Crippen molar-refractivity contribution in [2.24, 2.45) is 0 Å². The van der Waals surface area contributed by atoms with E-state index in [2.05, 4.69) is 73.6 Å². The summed E-state index contributed by atoms with van der Waals surface area (Å²) in [5.41, 5.74) is 25.6.